The predicted molar refractivity (Wildman–Crippen MR) is 131 cm³/mol. The Hall–Kier alpha value is -3.90. The fourth-order valence-electron chi connectivity index (χ4n) is 3.44. The maximum Gasteiger partial charge on any atom is 0.254 e. The molecule has 6 nitrogen and oxygen atoms in total. The maximum atomic E-state index is 12.9. The lowest BCUT2D eigenvalue weighted by molar-refractivity contribution is -0.116. The lowest BCUT2D eigenvalue weighted by Crippen LogP contribution is -2.38. The SMILES string of the molecule is CCN(CC(=O)Nc1cc(-c2ccccc2)nn1-c1ccccc1)C(=O)c1ccc(Cl)cc1. The molecule has 0 spiro atoms. The molecule has 0 radical (unpaired) electrons. The molecule has 7 heteroatoms. The van der Waals surface area contributed by atoms with Crippen LogP contribution in [0, 0.1) is 0 Å². The summed E-state index contributed by atoms with van der Waals surface area (Å²) in [5, 5.41) is 8.18. The minimum Gasteiger partial charge on any atom is -0.330 e. The number of hydrogen-bond donors (Lipinski definition) is 1. The van der Waals surface area contributed by atoms with E-state index in [1.807, 2.05) is 73.7 Å². The molecule has 4 aromatic rings. The lowest BCUT2D eigenvalue weighted by atomic mass is 10.1. The Kier molecular flexibility index (Phi) is 6.86. The molecule has 0 aliphatic rings. The van der Waals surface area contributed by atoms with Crippen molar-refractivity contribution in [2.45, 2.75) is 6.92 Å². The van der Waals surface area contributed by atoms with Crippen molar-refractivity contribution >= 4 is 29.2 Å². The van der Waals surface area contributed by atoms with E-state index in [1.54, 1.807) is 28.9 Å². The highest BCUT2D eigenvalue weighted by Crippen LogP contribution is 2.24. The number of halogens is 1. The molecule has 0 fully saturated rings. The molecule has 0 atom stereocenters. The zero-order chi connectivity index (χ0) is 23.2. The number of nitrogens with one attached hydrogen (secondary N) is 1. The van der Waals surface area contributed by atoms with E-state index < -0.39 is 0 Å². The van der Waals surface area contributed by atoms with Crippen LogP contribution in [0.1, 0.15) is 17.3 Å². The molecule has 0 saturated carbocycles. The molecule has 33 heavy (non-hydrogen) atoms. The largest absolute Gasteiger partial charge is 0.330 e. The van der Waals surface area contributed by atoms with Gasteiger partial charge in [-0.2, -0.15) is 5.10 Å². The third-order valence-electron chi connectivity index (χ3n) is 5.14. The first-order valence-corrected chi connectivity index (χ1v) is 11.0. The van der Waals surface area contributed by atoms with Gasteiger partial charge < -0.3 is 10.2 Å². The van der Waals surface area contributed by atoms with Crippen LogP contribution in [0.5, 0.6) is 0 Å². The molecule has 0 aliphatic carbocycles. The van der Waals surface area contributed by atoms with Crippen molar-refractivity contribution in [3.05, 3.63) is 102 Å². The number of carbonyl (C=O) groups is 2. The van der Waals surface area contributed by atoms with E-state index in [-0.39, 0.29) is 18.4 Å². The van der Waals surface area contributed by atoms with Crippen molar-refractivity contribution in [1.82, 2.24) is 14.7 Å². The molecular formula is C26H23ClN4O2. The molecule has 2 amide bonds. The molecule has 1 aromatic heterocycles. The second-order valence-electron chi connectivity index (χ2n) is 7.40. The van der Waals surface area contributed by atoms with E-state index in [4.69, 9.17) is 16.7 Å². The minimum absolute atomic E-state index is 0.0847. The van der Waals surface area contributed by atoms with Gasteiger partial charge in [-0.15, -0.1) is 0 Å². The number of aromatic nitrogens is 2. The summed E-state index contributed by atoms with van der Waals surface area (Å²) in [6.45, 7) is 2.14. The van der Waals surface area contributed by atoms with Crippen LogP contribution in [0.3, 0.4) is 0 Å². The molecule has 3 aromatic carbocycles. The zero-order valence-electron chi connectivity index (χ0n) is 18.1. The number of amides is 2. The van der Waals surface area contributed by atoms with Crippen LogP contribution in [0.15, 0.2) is 91.0 Å². The quantitative estimate of drug-likeness (QED) is 0.409. The number of para-hydroxylation sites is 1. The van der Waals surface area contributed by atoms with E-state index in [2.05, 4.69) is 5.32 Å². The number of hydrogen-bond acceptors (Lipinski definition) is 3. The second kappa shape index (κ2) is 10.1. The number of benzene rings is 3. The summed E-state index contributed by atoms with van der Waals surface area (Å²) < 4.78 is 1.69. The van der Waals surface area contributed by atoms with Gasteiger partial charge in [0.1, 0.15) is 12.4 Å². The van der Waals surface area contributed by atoms with E-state index in [0.717, 1.165) is 16.9 Å². The Morgan fingerprint density at radius 3 is 2.21 bits per heavy atom. The highest BCUT2D eigenvalue weighted by molar-refractivity contribution is 6.30. The number of carbonyl (C=O) groups excluding carboxylic acids is 2. The first-order chi connectivity index (χ1) is 16.0. The first kappa shape index (κ1) is 22.3. The van der Waals surface area contributed by atoms with Crippen LogP contribution in [-0.4, -0.2) is 39.6 Å². The van der Waals surface area contributed by atoms with Crippen molar-refractivity contribution in [3.63, 3.8) is 0 Å². The van der Waals surface area contributed by atoms with Gasteiger partial charge >= 0.3 is 0 Å². The van der Waals surface area contributed by atoms with Crippen molar-refractivity contribution in [2.24, 2.45) is 0 Å². The molecule has 1 heterocycles. The second-order valence-corrected chi connectivity index (χ2v) is 7.84. The Morgan fingerprint density at radius 1 is 0.939 bits per heavy atom. The maximum absolute atomic E-state index is 12.9. The number of nitrogens with zero attached hydrogens (tertiary/aromatic N) is 3. The summed E-state index contributed by atoms with van der Waals surface area (Å²) in [5.41, 5.74) is 2.98. The Balaban J connectivity index is 1.57. The summed E-state index contributed by atoms with van der Waals surface area (Å²) in [4.78, 5) is 27.3. The van der Waals surface area contributed by atoms with Gasteiger partial charge in [-0.25, -0.2) is 4.68 Å². The first-order valence-electron chi connectivity index (χ1n) is 10.6. The molecule has 0 saturated heterocycles. The number of rotatable bonds is 7. The summed E-state index contributed by atoms with van der Waals surface area (Å²) in [5.74, 6) is -0.0123. The van der Waals surface area contributed by atoms with Crippen LogP contribution in [-0.2, 0) is 4.79 Å². The van der Waals surface area contributed by atoms with E-state index in [1.165, 1.54) is 4.90 Å². The van der Waals surface area contributed by atoms with E-state index in [0.29, 0.717) is 22.9 Å². The van der Waals surface area contributed by atoms with Crippen LogP contribution in [0.4, 0.5) is 5.82 Å². The van der Waals surface area contributed by atoms with Crippen molar-refractivity contribution < 1.29 is 9.59 Å². The minimum atomic E-state index is -0.309. The molecule has 1 N–H and O–H groups in total. The van der Waals surface area contributed by atoms with Gasteiger partial charge in [-0.05, 0) is 43.3 Å². The highest BCUT2D eigenvalue weighted by atomic mass is 35.5. The van der Waals surface area contributed by atoms with Gasteiger partial charge in [0.2, 0.25) is 5.91 Å². The van der Waals surface area contributed by atoms with Gasteiger partial charge in [0.15, 0.2) is 0 Å². The topological polar surface area (TPSA) is 67.2 Å². The van der Waals surface area contributed by atoms with Crippen LogP contribution in [0.25, 0.3) is 16.9 Å². The van der Waals surface area contributed by atoms with E-state index >= 15 is 0 Å². The van der Waals surface area contributed by atoms with Gasteiger partial charge in [0.25, 0.3) is 5.91 Å². The number of anilines is 1. The summed E-state index contributed by atoms with van der Waals surface area (Å²) in [7, 11) is 0. The third-order valence-corrected chi connectivity index (χ3v) is 5.39. The van der Waals surface area contributed by atoms with Gasteiger partial charge in [-0.1, -0.05) is 60.1 Å². The Bertz CT molecular complexity index is 1240. The van der Waals surface area contributed by atoms with Crippen molar-refractivity contribution in [2.75, 3.05) is 18.4 Å². The van der Waals surface area contributed by atoms with E-state index in [9.17, 15) is 9.59 Å². The molecular weight excluding hydrogens is 436 g/mol. The van der Waals surface area contributed by atoms with Crippen LogP contribution >= 0.6 is 11.6 Å². The molecule has 0 aliphatic heterocycles. The van der Waals surface area contributed by atoms with Crippen LogP contribution in [0.2, 0.25) is 5.02 Å². The average Bonchev–Trinajstić information content (AvgIpc) is 3.27. The third kappa shape index (κ3) is 5.30. The average molecular weight is 459 g/mol. The summed E-state index contributed by atoms with van der Waals surface area (Å²) in [6, 6.07) is 27.8. The Labute approximate surface area is 197 Å². The van der Waals surface area contributed by atoms with Crippen LogP contribution < -0.4 is 5.32 Å². The summed E-state index contributed by atoms with van der Waals surface area (Å²) in [6.07, 6.45) is 0. The predicted octanol–water partition coefficient (Wildman–Crippen LogP) is 5.29. The summed E-state index contributed by atoms with van der Waals surface area (Å²) >= 11 is 5.92. The van der Waals surface area contributed by atoms with Gasteiger partial charge in [0, 0.05) is 28.8 Å². The molecule has 0 unspecified atom stereocenters. The fraction of sp³-hybridized carbons (Fsp3) is 0.115. The molecule has 4 rings (SSSR count). The van der Waals surface area contributed by atoms with Crippen molar-refractivity contribution in [1.29, 1.82) is 0 Å². The van der Waals surface area contributed by atoms with Gasteiger partial charge in [0.05, 0.1) is 11.4 Å². The highest BCUT2D eigenvalue weighted by Gasteiger charge is 2.19. The Morgan fingerprint density at radius 2 is 1.58 bits per heavy atom. The normalized spacial score (nSPS) is 10.6. The van der Waals surface area contributed by atoms with Crippen molar-refractivity contribution in [3.8, 4) is 16.9 Å². The lowest BCUT2D eigenvalue weighted by Gasteiger charge is -2.20. The molecule has 166 valence electrons. The fourth-order valence-corrected chi connectivity index (χ4v) is 3.57. The van der Waals surface area contributed by atoms with Gasteiger partial charge in [-0.3, -0.25) is 9.59 Å². The number of likely N-dealkylation sites (N-methyl/N-ethyl adjacent to an activating group) is 1. The zero-order valence-corrected chi connectivity index (χ0v) is 18.9. The molecule has 0 bridgehead atoms. The standard InChI is InChI=1S/C26H23ClN4O2/c1-2-30(26(33)20-13-15-21(27)16-14-20)18-25(32)28-24-17-23(19-9-5-3-6-10-19)29-31(24)22-11-7-4-8-12-22/h3-17H,2,18H2,1H3,(H,28,32). The smallest absolute Gasteiger partial charge is 0.254 e. The monoisotopic (exact) mass is 458 g/mol.